The van der Waals surface area contributed by atoms with Crippen LogP contribution in [-0.4, -0.2) is 22.4 Å². The number of aromatic nitrogens is 2. The van der Waals surface area contributed by atoms with Gasteiger partial charge in [-0.05, 0) is 31.9 Å². The molecule has 0 radical (unpaired) electrons. The Labute approximate surface area is 124 Å². The lowest BCUT2D eigenvalue weighted by Gasteiger charge is -2.14. The molecule has 0 aromatic carbocycles. The minimum Gasteiger partial charge on any atom is -0.472 e. The van der Waals surface area contributed by atoms with Crippen LogP contribution in [0.1, 0.15) is 23.9 Å². The second-order valence-electron chi connectivity index (χ2n) is 5.41. The molecule has 21 heavy (non-hydrogen) atoms. The van der Waals surface area contributed by atoms with Gasteiger partial charge in [0.15, 0.2) is 0 Å². The number of urea groups is 1. The zero-order chi connectivity index (χ0) is 15.2. The predicted octanol–water partition coefficient (Wildman–Crippen LogP) is 2.23. The van der Waals surface area contributed by atoms with Crippen molar-refractivity contribution < 1.29 is 9.21 Å². The number of hydrogen-bond donors (Lipinski definition) is 2. The summed E-state index contributed by atoms with van der Waals surface area (Å²) in [6.45, 7) is 7.98. The molecule has 2 heterocycles. The second kappa shape index (κ2) is 6.97. The Morgan fingerprint density at radius 1 is 1.43 bits per heavy atom. The molecule has 2 aromatic heterocycles. The molecule has 0 aliphatic carbocycles. The molecule has 2 N–H and O–H groups in total. The maximum atomic E-state index is 11.7. The molecule has 114 valence electrons. The fourth-order valence-corrected chi connectivity index (χ4v) is 2.12. The summed E-state index contributed by atoms with van der Waals surface area (Å²) in [6.07, 6.45) is 3.21. The smallest absolute Gasteiger partial charge is 0.315 e. The van der Waals surface area contributed by atoms with Crippen LogP contribution in [0.2, 0.25) is 0 Å². The van der Waals surface area contributed by atoms with Crippen LogP contribution in [-0.2, 0) is 13.1 Å². The summed E-state index contributed by atoms with van der Waals surface area (Å²) in [5, 5.41) is 10.1. The normalized spacial score (nSPS) is 12.1. The van der Waals surface area contributed by atoms with Gasteiger partial charge in [-0.3, -0.25) is 4.68 Å². The Bertz CT molecular complexity index is 575. The minimum absolute atomic E-state index is 0.170. The van der Waals surface area contributed by atoms with Gasteiger partial charge in [-0.2, -0.15) is 5.10 Å². The lowest BCUT2D eigenvalue weighted by molar-refractivity contribution is 0.238. The van der Waals surface area contributed by atoms with Gasteiger partial charge in [-0.25, -0.2) is 4.79 Å². The fraction of sp³-hybridized carbons (Fsp3) is 0.467. The van der Waals surface area contributed by atoms with Crippen LogP contribution in [0.15, 0.2) is 29.1 Å². The van der Waals surface area contributed by atoms with Crippen LogP contribution < -0.4 is 10.6 Å². The molecule has 2 rings (SSSR count). The van der Waals surface area contributed by atoms with Crippen LogP contribution in [0, 0.1) is 19.8 Å². The van der Waals surface area contributed by atoms with Gasteiger partial charge in [0.05, 0.1) is 18.2 Å². The van der Waals surface area contributed by atoms with Gasteiger partial charge in [0.25, 0.3) is 0 Å². The van der Waals surface area contributed by atoms with E-state index in [2.05, 4.69) is 28.7 Å². The molecule has 0 spiro atoms. The van der Waals surface area contributed by atoms with Crippen molar-refractivity contribution in [2.75, 3.05) is 6.54 Å². The summed E-state index contributed by atoms with van der Waals surface area (Å²) in [5.41, 5.74) is 3.11. The number of carbonyl (C=O) groups is 1. The highest BCUT2D eigenvalue weighted by Crippen LogP contribution is 2.05. The summed E-state index contributed by atoms with van der Waals surface area (Å²) in [6, 6.07) is 3.71. The monoisotopic (exact) mass is 290 g/mol. The average molecular weight is 290 g/mol. The summed E-state index contributed by atoms with van der Waals surface area (Å²) in [4.78, 5) is 11.7. The highest BCUT2D eigenvalue weighted by Gasteiger charge is 2.09. The van der Waals surface area contributed by atoms with E-state index in [-0.39, 0.29) is 6.03 Å². The molecular weight excluding hydrogens is 268 g/mol. The number of aryl methyl sites for hydroxylation is 2. The number of nitrogens with zero attached hydrogens (tertiary/aromatic N) is 2. The van der Waals surface area contributed by atoms with E-state index in [0.717, 1.165) is 23.5 Å². The molecule has 0 bridgehead atoms. The van der Waals surface area contributed by atoms with Crippen LogP contribution in [0.4, 0.5) is 4.79 Å². The van der Waals surface area contributed by atoms with Crippen LogP contribution in [0.3, 0.4) is 0 Å². The largest absolute Gasteiger partial charge is 0.472 e. The van der Waals surface area contributed by atoms with E-state index >= 15 is 0 Å². The Kier molecular flexibility index (Phi) is 5.03. The van der Waals surface area contributed by atoms with Gasteiger partial charge in [0, 0.05) is 30.9 Å². The predicted molar refractivity (Wildman–Crippen MR) is 79.8 cm³/mol. The molecule has 6 heteroatoms. The lowest BCUT2D eigenvalue weighted by atomic mass is 10.2. The molecule has 0 saturated carbocycles. The van der Waals surface area contributed by atoms with Crippen molar-refractivity contribution in [3.63, 3.8) is 0 Å². The first-order chi connectivity index (χ1) is 10.0. The summed E-state index contributed by atoms with van der Waals surface area (Å²) >= 11 is 0. The van der Waals surface area contributed by atoms with Crippen molar-refractivity contribution in [2.24, 2.45) is 5.92 Å². The molecule has 0 fully saturated rings. The van der Waals surface area contributed by atoms with E-state index in [1.165, 1.54) is 0 Å². The van der Waals surface area contributed by atoms with Crippen molar-refractivity contribution in [1.29, 1.82) is 0 Å². The van der Waals surface area contributed by atoms with Crippen LogP contribution in [0.5, 0.6) is 0 Å². The van der Waals surface area contributed by atoms with Crippen molar-refractivity contribution >= 4 is 6.03 Å². The third-order valence-corrected chi connectivity index (χ3v) is 3.23. The first kappa shape index (κ1) is 15.2. The first-order valence-corrected chi connectivity index (χ1v) is 7.08. The highest BCUT2D eigenvalue weighted by molar-refractivity contribution is 5.73. The molecule has 1 atom stereocenters. The molecule has 0 saturated heterocycles. The molecule has 6 nitrogen and oxygen atoms in total. The zero-order valence-electron chi connectivity index (χ0n) is 12.7. The number of amides is 2. The summed E-state index contributed by atoms with van der Waals surface area (Å²) < 4.78 is 6.92. The Morgan fingerprint density at radius 3 is 2.86 bits per heavy atom. The Hall–Kier alpha value is -2.24. The fourth-order valence-electron chi connectivity index (χ4n) is 2.12. The van der Waals surface area contributed by atoms with E-state index in [0.29, 0.717) is 19.0 Å². The van der Waals surface area contributed by atoms with E-state index < -0.39 is 0 Å². The molecule has 2 amide bonds. The van der Waals surface area contributed by atoms with Gasteiger partial charge >= 0.3 is 6.03 Å². The number of furan rings is 1. The third-order valence-electron chi connectivity index (χ3n) is 3.23. The molecule has 0 aliphatic heterocycles. The van der Waals surface area contributed by atoms with Crippen molar-refractivity contribution in [1.82, 2.24) is 20.4 Å². The van der Waals surface area contributed by atoms with Gasteiger partial charge in [-0.15, -0.1) is 0 Å². The topological polar surface area (TPSA) is 72.1 Å². The Morgan fingerprint density at radius 2 is 2.24 bits per heavy atom. The zero-order valence-corrected chi connectivity index (χ0v) is 12.7. The van der Waals surface area contributed by atoms with Crippen molar-refractivity contribution in [2.45, 2.75) is 33.9 Å². The highest BCUT2D eigenvalue weighted by atomic mass is 16.3. The van der Waals surface area contributed by atoms with E-state index in [9.17, 15) is 4.79 Å². The summed E-state index contributed by atoms with van der Waals surface area (Å²) in [7, 11) is 0. The van der Waals surface area contributed by atoms with E-state index in [1.807, 2.05) is 24.6 Å². The van der Waals surface area contributed by atoms with Crippen molar-refractivity contribution in [3.05, 3.63) is 41.6 Å². The number of nitrogens with one attached hydrogen (secondary N) is 2. The third kappa shape index (κ3) is 4.66. The molecule has 1 unspecified atom stereocenters. The minimum atomic E-state index is -0.170. The van der Waals surface area contributed by atoms with E-state index in [1.54, 1.807) is 12.5 Å². The second-order valence-corrected chi connectivity index (χ2v) is 5.41. The Balaban J connectivity index is 1.69. The molecule has 2 aromatic rings. The lowest BCUT2D eigenvalue weighted by Crippen LogP contribution is -2.38. The first-order valence-electron chi connectivity index (χ1n) is 7.08. The van der Waals surface area contributed by atoms with Crippen LogP contribution in [0.25, 0.3) is 0 Å². The maximum Gasteiger partial charge on any atom is 0.315 e. The van der Waals surface area contributed by atoms with Gasteiger partial charge in [0.1, 0.15) is 0 Å². The van der Waals surface area contributed by atoms with Crippen molar-refractivity contribution in [3.8, 4) is 0 Å². The standard InChI is InChI=1S/C15H22N4O2/c1-11(9-19-13(3)6-12(2)18-19)7-16-15(20)17-8-14-4-5-21-10-14/h4-6,10-11H,7-9H2,1-3H3,(H2,16,17,20). The number of hydrogen-bond acceptors (Lipinski definition) is 3. The summed E-state index contributed by atoms with van der Waals surface area (Å²) in [5.74, 6) is 0.308. The molecular formula is C15H22N4O2. The average Bonchev–Trinajstić information content (AvgIpc) is 3.04. The number of carbonyl (C=O) groups excluding carboxylic acids is 1. The maximum absolute atomic E-state index is 11.7. The number of rotatable bonds is 6. The van der Waals surface area contributed by atoms with Gasteiger partial charge < -0.3 is 15.1 Å². The SMILES string of the molecule is Cc1cc(C)n(CC(C)CNC(=O)NCc2ccoc2)n1. The molecule has 0 aliphatic rings. The van der Waals surface area contributed by atoms with E-state index in [4.69, 9.17) is 4.42 Å². The van der Waals surface area contributed by atoms with Gasteiger partial charge in [-0.1, -0.05) is 6.92 Å². The van der Waals surface area contributed by atoms with Gasteiger partial charge in [0.2, 0.25) is 0 Å². The van der Waals surface area contributed by atoms with Crippen LogP contribution >= 0.6 is 0 Å². The quantitative estimate of drug-likeness (QED) is 0.857.